The summed E-state index contributed by atoms with van der Waals surface area (Å²) in [6, 6.07) is 12.7. The monoisotopic (exact) mass is 867 g/mol. The van der Waals surface area contributed by atoms with Crippen molar-refractivity contribution in [1.29, 1.82) is 0 Å². The van der Waals surface area contributed by atoms with Gasteiger partial charge in [0.05, 0.1) is 14.2 Å². The molecule has 0 unspecified atom stereocenters. The number of nitrogens with one attached hydrogen (secondary N) is 2. The first-order valence-corrected chi connectivity index (χ1v) is 21.6. The molecule has 6 amide bonds. The fourth-order valence-electron chi connectivity index (χ4n) is 8.55. The first kappa shape index (κ1) is 46.3. The van der Waals surface area contributed by atoms with E-state index < -0.39 is 71.7 Å². The van der Waals surface area contributed by atoms with Gasteiger partial charge in [0.25, 0.3) is 0 Å². The smallest absolute Gasteiger partial charge is 0.246 e. The van der Waals surface area contributed by atoms with E-state index in [2.05, 4.69) is 15.5 Å². The number of benzene rings is 3. The number of rotatable bonds is 7. The largest absolute Gasteiger partial charge is 0.497 e. The highest BCUT2D eigenvalue weighted by molar-refractivity contribution is 5.98. The maximum Gasteiger partial charge on any atom is 0.246 e. The molecule has 0 radical (unpaired) electrons. The number of hydrogen-bond donors (Lipinski definition) is 2. The molecule has 16 heteroatoms. The summed E-state index contributed by atoms with van der Waals surface area (Å²) < 4.78 is 17.2. The minimum atomic E-state index is -1.16. The van der Waals surface area contributed by atoms with Gasteiger partial charge in [0.15, 0.2) is 11.5 Å². The molecule has 63 heavy (non-hydrogen) atoms. The van der Waals surface area contributed by atoms with Crippen LogP contribution in [0.1, 0.15) is 50.3 Å². The van der Waals surface area contributed by atoms with Crippen molar-refractivity contribution >= 4 is 35.4 Å². The van der Waals surface area contributed by atoms with Crippen LogP contribution in [-0.2, 0) is 48.0 Å². The Morgan fingerprint density at radius 1 is 0.635 bits per heavy atom. The van der Waals surface area contributed by atoms with Gasteiger partial charge < -0.3 is 49.3 Å². The molecule has 4 aliphatic rings. The number of methoxy groups -OCH3 is 2. The van der Waals surface area contributed by atoms with E-state index >= 15 is 0 Å². The molecular formula is C47H61N7O9. The summed E-state index contributed by atoms with van der Waals surface area (Å²) in [6.45, 7) is 7.13. The Labute approximate surface area is 369 Å². The van der Waals surface area contributed by atoms with Gasteiger partial charge in [0, 0.05) is 53.5 Å². The molecule has 6 atom stereocenters. The molecule has 3 aromatic carbocycles. The highest BCUT2D eigenvalue weighted by Gasteiger charge is 2.41. The zero-order chi connectivity index (χ0) is 45.5. The van der Waals surface area contributed by atoms with E-state index in [1.807, 2.05) is 0 Å². The Balaban J connectivity index is 1.44. The highest BCUT2D eigenvalue weighted by atomic mass is 16.5. The molecule has 3 aromatic rings. The normalized spacial score (nSPS) is 24.7. The Bertz CT molecular complexity index is 2140. The van der Waals surface area contributed by atoms with Crippen molar-refractivity contribution < 1.29 is 43.0 Å². The van der Waals surface area contributed by atoms with E-state index in [0.717, 1.165) is 31.5 Å². The van der Waals surface area contributed by atoms with Crippen LogP contribution in [0.2, 0.25) is 0 Å². The summed E-state index contributed by atoms with van der Waals surface area (Å²) in [4.78, 5) is 95.3. The average Bonchev–Trinajstić information content (AvgIpc) is 3.81. The van der Waals surface area contributed by atoms with Gasteiger partial charge in [-0.2, -0.15) is 0 Å². The van der Waals surface area contributed by atoms with Gasteiger partial charge >= 0.3 is 0 Å². The van der Waals surface area contributed by atoms with E-state index in [0.29, 0.717) is 40.7 Å². The number of likely N-dealkylation sites (tertiary alicyclic amines) is 1. The lowest BCUT2D eigenvalue weighted by Gasteiger charge is -2.38. The van der Waals surface area contributed by atoms with Gasteiger partial charge in [-0.15, -0.1) is 0 Å². The van der Waals surface area contributed by atoms with Crippen LogP contribution in [-0.4, -0.2) is 158 Å². The molecule has 338 valence electrons. The summed E-state index contributed by atoms with van der Waals surface area (Å²) >= 11 is 0. The predicted molar refractivity (Wildman–Crippen MR) is 235 cm³/mol. The number of amides is 6. The zero-order valence-corrected chi connectivity index (χ0v) is 37.6. The van der Waals surface area contributed by atoms with Crippen molar-refractivity contribution in [2.75, 3.05) is 61.5 Å². The molecule has 0 aliphatic carbocycles. The molecule has 7 rings (SSSR count). The van der Waals surface area contributed by atoms with Crippen molar-refractivity contribution in [1.82, 2.24) is 35.1 Å². The van der Waals surface area contributed by atoms with Crippen molar-refractivity contribution in [3.8, 4) is 23.0 Å². The topological polar surface area (TPSA) is 170 Å². The van der Waals surface area contributed by atoms with E-state index in [1.165, 1.54) is 54.8 Å². The molecule has 6 bridgehead atoms. The van der Waals surface area contributed by atoms with Crippen molar-refractivity contribution in [3.63, 3.8) is 0 Å². The summed E-state index contributed by atoms with van der Waals surface area (Å²) in [5.41, 5.74) is 2.06. The number of carbonyl (C=O) groups excluding carboxylic acids is 6. The molecule has 2 N–H and O–H groups in total. The lowest BCUT2D eigenvalue weighted by molar-refractivity contribution is -0.151. The van der Waals surface area contributed by atoms with Crippen LogP contribution in [0.25, 0.3) is 0 Å². The molecule has 0 spiro atoms. The van der Waals surface area contributed by atoms with E-state index in [1.54, 1.807) is 87.7 Å². The second kappa shape index (κ2) is 20.4. The number of carbonyl (C=O) groups is 6. The Morgan fingerprint density at radius 2 is 1.24 bits per heavy atom. The van der Waals surface area contributed by atoms with E-state index in [9.17, 15) is 28.8 Å². The summed E-state index contributed by atoms with van der Waals surface area (Å²) in [5.74, 6) is -1.29. The van der Waals surface area contributed by atoms with E-state index in [-0.39, 0.29) is 25.8 Å². The molecule has 2 fully saturated rings. The molecule has 2 saturated heterocycles. The van der Waals surface area contributed by atoms with Gasteiger partial charge in [0.2, 0.25) is 35.4 Å². The third kappa shape index (κ3) is 10.7. The Morgan fingerprint density at radius 3 is 1.89 bits per heavy atom. The maximum absolute atomic E-state index is 14.9. The van der Waals surface area contributed by atoms with Gasteiger partial charge in [-0.3, -0.25) is 28.8 Å². The highest BCUT2D eigenvalue weighted by Crippen LogP contribution is 2.34. The SMILES string of the molecule is COc1ccc(C[C@H]2C(=O)N[C@@H](C)C(=O)N(C)[C@H]3Cc4ccc(cc4)Oc4cc(ccc4OC)C[C@@H](C(=O)N[C@H](C)C(=O)N(CCN4CCCC4)[C@@H](C)C(=O)N2C)N(C)C3=O)cc1. The molecular weight excluding hydrogens is 807 g/mol. The van der Waals surface area contributed by atoms with E-state index in [4.69, 9.17) is 14.2 Å². The van der Waals surface area contributed by atoms with Crippen molar-refractivity contribution in [2.24, 2.45) is 0 Å². The lowest BCUT2D eigenvalue weighted by Crippen LogP contribution is -2.62. The standard InChI is InChI=1S/C47H61N7O9/c1-29-44(57)52(6)39-26-33-13-18-36(19-14-33)63-41-28-34(15-20-40(41)62-8)27-38(51(5)47(39)60)43(56)49-30(2)45(58)54(24-23-53-21-9-10-22-53)31(3)46(59)50(4)37(42(55)48-29)25-32-11-16-35(61-7)17-12-32/h11-20,28-31,37-39H,9-10,21-27H2,1-8H3,(H,48,55)(H,49,56)/t29-,30+,31-,37-,38-,39-/m0/s1. The van der Waals surface area contributed by atoms with Gasteiger partial charge in [-0.1, -0.05) is 30.3 Å². The summed E-state index contributed by atoms with van der Waals surface area (Å²) in [7, 11) is 7.60. The average molecular weight is 868 g/mol. The van der Waals surface area contributed by atoms with Crippen LogP contribution in [0.4, 0.5) is 0 Å². The minimum absolute atomic E-state index is 0.0116. The first-order chi connectivity index (χ1) is 30.1. The summed E-state index contributed by atoms with van der Waals surface area (Å²) in [6.07, 6.45) is 2.21. The lowest BCUT2D eigenvalue weighted by atomic mass is 9.98. The van der Waals surface area contributed by atoms with Crippen molar-refractivity contribution in [2.45, 2.75) is 89.1 Å². The van der Waals surface area contributed by atoms with Crippen LogP contribution in [0.3, 0.4) is 0 Å². The zero-order valence-electron chi connectivity index (χ0n) is 37.6. The Kier molecular flexibility index (Phi) is 15.0. The quantitative estimate of drug-likeness (QED) is 0.360. The fraction of sp³-hybridized carbons (Fsp3) is 0.489. The van der Waals surface area contributed by atoms with Crippen LogP contribution < -0.4 is 24.8 Å². The first-order valence-electron chi connectivity index (χ1n) is 21.6. The van der Waals surface area contributed by atoms with Crippen LogP contribution in [0, 0.1) is 0 Å². The van der Waals surface area contributed by atoms with Crippen LogP contribution in [0.5, 0.6) is 23.0 Å². The second-order valence-corrected chi connectivity index (χ2v) is 16.8. The second-order valence-electron chi connectivity index (χ2n) is 16.8. The Hall–Kier alpha value is -6.16. The predicted octanol–water partition coefficient (Wildman–Crippen LogP) is 2.65. The van der Waals surface area contributed by atoms with Crippen LogP contribution in [0.15, 0.2) is 66.7 Å². The molecule has 0 saturated carbocycles. The van der Waals surface area contributed by atoms with Crippen LogP contribution >= 0.6 is 0 Å². The molecule has 0 aromatic heterocycles. The number of nitrogens with zero attached hydrogens (tertiary/aromatic N) is 5. The molecule has 4 aliphatic heterocycles. The maximum atomic E-state index is 14.9. The van der Waals surface area contributed by atoms with Gasteiger partial charge in [0.1, 0.15) is 47.8 Å². The third-order valence-corrected chi connectivity index (χ3v) is 12.6. The number of likely N-dealkylation sites (N-methyl/N-ethyl adjacent to an activating group) is 3. The molecule has 16 nitrogen and oxygen atoms in total. The minimum Gasteiger partial charge on any atom is -0.497 e. The summed E-state index contributed by atoms with van der Waals surface area (Å²) in [5, 5.41) is 5.73. The number of ether oxygens (including phenoxy) is 3. The fourth-order valence-corrected chi connectivity index (χ4v) is 8.55. The number of hydrogen-bond acceptors (Lipinski definition) is 10. The van der Waals surface area contributed by atoms with Gasteiger partial charge in [-0.25, -0.2) is 0 Å². The molecule has 4 heterocycles. The number of fused-ring (bicyclic) bond motifs is 2. The third-order valence-electron chi connectivity index (χ3n) is 12.6. The van der Waals surface area contributed by atoms with Crippen molar-refractivity contribution in [3.05, 3.63) is 83.4 Å². The van der Waals surface area contributed by atoms with Gasteiger partial charge in [-0.05, 0) is 99.8 Å².